The lowest BCUT2D eigenvalue weighted by Crippen LogP contribution is -2.50. The highest BCUT2D eigenvalue weighted by Gasteiger charge is 2.39. The van der Waals surface area contributed by atoms with Crippen molar-refractivity contribution in [1.82, 2.24) is 40.5 Å². The number of phenolic OH excluding ortho intramolecular Hbond substituents is 1. The number of rotatable bonds is 38. The third-order valence-corrected chi connectivity index (χ3v) is 17.1. The number of aromatic nitrogens is 1. The van der Waals surface area contributed by atoms with Crippen molar-refractivity contribution in [3.05, 3.63) is 64.1 Å². The average Bonchev–Trinajstić information content (AvgIpc) is 3.30. The van der Waals surface area contributed by atoms with Crippen molar-refractivity contribution in [1.29, 1.82) is 0 Å². The van der Waals surface area contributed by atoms with Crippen molar-refractivity contribution >= 4 is 93.7 Å². The monoisotopic (exact) mass is 1250 g/mol. The maximum atomic E-state index is 14.4. The molecule has 25 nitrogen and oxygen atoms in total. The minimum Gasteiger partial charge on any atom is -0.506 e. The van der Waals surface area contributed by atoms with Crippen LogP contribution in [0.25, 0.3) is 0 Å². The zero-order valence-electron chi connectivity index (χ0n) is 52.3. The van der Waals surface area contributed by atoms with Crippen LogP contribution in [0.15, 0.2) is 47.9 Å². The average molecular weight is 1250 g/mol. The van der Waals surface area contributed by atoms with E-state index >= 15 is 0 Å². The maximum absolute atomic E-state index is 14.4. The van der Waals surface area contributed by atoms with Gasteiger partial charge in [0.1, 0.15) is 22.5 Å². The molecule has 482 valence electrons. The molecule has 3 heterocycles. The van der Waals surface area contributed by atoms with Crippen molar-refractivity contribution in [3.63, 3.8) is 0 Å². The Morgan fingerprint density at radius 2 is 1.33 bits per heavy atom. The Kier molecular flexibility index (Phi) is 28.0. The number of aromatic hydroxyl groups is 1. The molecule has 1 aromatic carbocycles. The van der Waals surface area contributed by atoms with Crippen molar-refractivity contribution in [3.8, 4) is 5.75 Å². The van der Waals surface area contributed by atoms with E-state index in [9.17, 15) is 72.5 Å². The van der Waals surface area contributed by atoms with Gasteiger partial charge >= 0.3 is 11.9 Å². The van der Waals surface area contributed by atoms with Crippen LogP contribution in [-0.2, 0) is 68.7 Å². The number of thiazole rings is 1. The highest BCUT2D eigenvalue weighted by atomic mass is 32.1. The number of nitrogens with one attached hydrogen (secondary N) is 4. The van der Waals surface area contributed by atoms with Crippen LogP contribution in [0, 0.1) is 23.7 Å². The zero-order valence-corrected chi connectivity index (χ0v) is 53.1. The second kappa shape index (κ2) is 33.9. The van der Waals surface area contributed by atoms with E-state index in [0.717, 1.165) is 45.4 Å². The molecule has 1 aromatic heterocycles. The quantitative estimate of drug-likeness (QED) is 0.0227. The Balaban J connectivity index is 1.40. The molecule has 2 aliphatic heterocycles. The number of anilines is 1. The smallest absolute Gasteiger partial charge is 0.306 e. The SMILES string of the molecule is CC[C@H](C)[C@H](CC(=O)C(C)(C)N(C)C)C(=O)N(C)[C@H](C[C@@H](OC(C)=O)c1nc(C(=O)N[C@@H](Cc2ccc(O)c(NC(=O)CCCCC(=O)[C@H](CNC(=O)CCCN3C(=O)C=CC3=O)NC(=O)CCCN3C(=O)C=CC3=O)c2)CC(C)C(=O)O)cs1)C(C)C. The third-order valence-electron chi connectivity index (χ3n) is 16.2. The highest BCUT2D eigenvalue weighted by molar-refractivity contribution is 7.09. The van der Waals surface area contributed by atoms with Crippen LogP contribution in [0.1, 0.15) is 160 Å². The first kappa shape index (κ1) is 72.5. The van der Waals surface area contributed by atoms with Gasteiger partial charge in [-0.3, -0.25) is 77.0 Å². The second-order valence-electron chi connectivity index (χ2n) is 23.6. The zero-order chi connectivity index (χ0) is 65.7. The van der Waals surface area contributed by atoms with Gasteiger partial charge in [0, 0.05) is 120 Å². The first-order valence-electron chi connectivity index (χ1n) is 29.8. The molecule has 0 saturated heterocycles. The minimum atomic E-state index is -1.20. The summed E-state index contributed by atoms with van der Waals surface area (Å²) in [6.45, 7) is 13.8. The number of carboxylic acid groups (broad SMARTS) is 1. The van der Waals surface area contributed by atoms with Crippen LogP contribution in [-0.4, -0.2) is 176 Å². The maximum Gasteiger partial charge on any atom is 0.306 e. The first-order chi connectivity index (χ1) is 41.3. The number of aliphatic carboxylic acids is 1. The molecule has 2 aromatic rings. The lowest BCUT2D eigenvalue weighted by molar-refractivity contribution is -0.150. The number of Topliss-reactive ketones (excluding diaryl/α,β-unsaturated/α-hetero) is 2. The number of hydrogen-bond acceptors (Lipinski definition) is 18. The second-order valence-corrected chi connectivity index (χ2v) is 24.5. The van der Waals surface area contributed by atoms with Crippen LogP contribution in [0.3, 0.4) is 0 Å². The van der Waals surface area contributed by atoms with E-state index < -0.39 is 107 Å². The van der Waals surface area contributed by atoms with Gasteiger partial charge in [-0.25, -0.2) is 4.98 Å². The van der Waals surface area contributed by atoms with E-state index in [4.69, 9.17) is 4.74 Å². The van der Waals surface area contributed by atoms with E-state index in [2.05, 4.69) is 26.3 Å². The Hall–Kier alpha value is -8.00. The molecule has 88 heavy (non-hydrogen) atoms. The predicted octanol–water partition coefficient (Wildman–Crippen LogP) is 4.82. The molecular formula is C62H87N9O16S. The molecule has 6 N–H and O–H groups in total. The molecular weight excluding hydrogens is 1160 g/mol. The number of nitrogens with zero attached hydrogens (tertiary/aromatic N) is 5. The molecule has 7 atom stereocenters. The van der Waals surface area contributed by atoms with Gasteiger partial charge in [0.2, 0.25) is 23.6 Å². The molecule has 0 saturated carbocycles. The number of benzene rings is 1. The number of ether oxygens (including phenoxy) is 1. The lowest BCUT2D eigenvalue weighted by atomic mass is 9.81. The third kappa shape index (κ3) is 21.7. The Morgan fingerprint density at radius 1 is 0.761 bits per heavy atom. The van der Waals surface area contributed by atoms with Gasteiger partial charge in [0.15, 0.2) is 17.7 Å². The molecule has 0 radical (unpaired) electrons. The van der Waals surface area contributed by atoms with E-state index in [-0.39, 0.29) is 142 Å². The van der Waals surface area contributed by atoms with Crippen LogP contribution in [0.4, 0.5) is 5.69 Å². The fraction of sp³-hybridized carbons (Fsp3) is 0.581. The standard InChI is InChI=1S/C62H87N9O16S/c1-12-37(4)42(32-50(75)62(7,8)68(9)10)60(84)69(11)46(36(2)3)33-49(87-39(6)72)59-67-45(35-88-59)58(83)64-41(29-38(5)61(85)86)30-40-21-22-48(74)43(31-40)65-52(77)18-14-13-17-47(73)44(66-53(78)20-16-28-71-56(81)25-26-57(71)82)34-63-51(76)19-15-27-70-54(79)23-24-55(70)80/h21-26,31,35-38,41-42,44,46,49,74H,12-20,27-30,32-34H2,1-11H3,(H,63,76)(H,64,83)(H,65,77)(H,66,78)(H,85,86)/t37-,38?,41+,42-,44-,46+,49+/m0/s1. The number of hydrogen-bond donors (Lipinski definition) is 6. The highest BCUT2D eigenvalue weighted by Crippen LogP contribution is 2.34. The number of carboxylic acids is 1. The summed E-state index contributed by atoms with van der Waals surface area (Å²) in [5.74, 6) is -8.89. The normalized spacial score (nSPS) is 15.6. The molecule has 9 amide bonds. The first-order valence-corrected chi connectivity index (χ1v) is 30.6. The van der Waals surface area contributed by atoms with Crippen molar-refractivity contribution in [2.75, 3.05) is 46.1 Å². The van der Waals surface area contributed by atoms with E-state index in [0.29, 0.717) is 12.0 Å². The Morgan fingerprint density at radius 3 is 1.88 bits per heavy atom. The van der Waals surface area contributed by atoms with Gasteiger partial charge in [-0.15, -0.1) is 11.3 Å². The predicted molar refractivity (Wildman–Crippen MR) is 325 cm³/mol. The number of carbonyl (C=O) groups excluding carboxylic acids is 12. The summed E-state index contributed by atoms with van der Waals surface area (Å²) < 4.78 is 5.81. The number of ketones is 2. The fourth-order valence-electron chi connectivity index (χ4n) is 9.94. The van der Waals surface area contributed by atoms with Gasteiger partial charge in [0.25, 0.3) is 29.5 Å². The lowest BCUT2D eigenvalue weighted by Gasteiger charge is -2.38. The van der Waals surface area contributed by atoms with Crippen LogP contribution in [0.5, 0.6) is 5.75 Å². The number of unbranched alkanes of at least 4 members (excludes halogenated alkanes) is 1. The molecule has 1 unspecified atom stereocenters. The van der Waals surface area contributed by atoms with Gasteiger partial charge < -0.3 is 41.1 Å². The largest absolute Gasteiger partial charge is 0.506 e. The van der Waals surface area contributed by atoms with Crippen LogP contribution < -0.4 is 21.3 Å². The number of imide groups is 2. The molecule has 0 spiro atoms. The van der Waals surface area contributed by atoms with Gasteiger partial charge in [-0.1, -0.05) is 47.1 Å². The number of amides is 9. The van der Waals surface area contributed by atoms with Gasteiger partial charge in [-0.05, 0) is 96.0 Å². The van der Waals surface area contributed by atoms with E-state index in [1.807, 2.05) is 60.5 Å². The van der Waals surface area contributed by atoms with E-state index in [1.54, 1.807) is 18.0 Å². The van der Waals surface area contributed by atoms with E-state index in [1.165, 1.54) is 31.4 Å². The summed E-state index contributed by atoms with van der Waals surface area (Å²) in [5.41, 5.74) is -0.331. The molecule has 26 heteroatoms. The molecule has 4 rings (SSSR count). The number of carbonyl (C=O) groups is 13. The number of likely N-dealkylation sites (N-methyl/N-ethyl adjacent to an activating group) is 1. The van der Waals surface area contributed by atoms with Crippen LogP contribution >= 0.6 is 11.3 Å². The topological polar surface area (TPSA) is 346 Å². The summed E-state index contributed by atoms with van der Waals surface area (Å²) in [6, 6.07) is 1.85. The fourth-order valence-corrected chi connectivity index (χ4v) is 10.8. The van der Waals surface area contributed by atoms with Crippen molar-refractivity contribution < 1.29 is 77.3 Å². The molecule has 0 fully saturated rings. The summed E-state index contributed by atoms with van der Waals surface area (Å²) in [4.78, 5) is 177. The van der Waals surface area contributed by atoms with Crippen molar-refractivity contribution in [2.45, 2.75) is 169 Å². The number of esters is 1. The molecule has 2 aliphatic rings. The molecule has 0 bridgehead atoms. The summed E-state index contributed by atoms with van der Waals surface area (Å²) in [7, 11) is 5.31. The Bertz CT molecular complexity index is 2940. The van der Waals surface area contributed by atoms with Gasteiger partial charge in [-0.2, -0.15) is 0 Å². The number of phenols is 1. The summed E-state index contributed by atoms with van der Waals surface area (Å²) in [6.07, 6.45) is 4.42. The summed E-state index contributed by atoms with van der Waals surface area (Å²) >= 11 is 1.07. The van der Waals surface area contributed by atoms with Crippen LogP contribution in [0.2, 0.25) is 0 Å². The summed E-state index contributed by atoms with van der Waals surface area (Å²) in [5, 5.41) is 33.2. The van der Waals surface area contributed by atoms with Gasteiger partial charge in [0.05, 0.1) is 17.1 Å². The molecule has 0 aliphatic carbocycles. The minimum absolute atomic E-state index is 0.00237. The Labute approximate surface area is 517 Å². The van der Waals surface area contributed by atoms with Crippen molar-refractivity contribution in [2.24, 2.45) is 23.7 Å².